The van der Waals surface area contributed by atoms with E-state index in [1.165, 1.54) is 89.9 Å². The summed E-state index contributed by atoms with van der Waals surface area (Å²) in [4.78, 5) is 23.0. The van der Waals surface area contributed by atoms with E-state index < -0.39 is 63.1 Å². The van der Waals surface area contributed by atoms with Crippen LogP contribution in [0.4, 0.5) is 0 Å². The molecule has 1 saturated carbocycles. The fourth-order valence-corrected chi connectivity index (χ4v) is 7.26. The molecular formula is C39H75O12P. The van der Waals surface area contributed by atoms with Gasteiger partial charge in [0.25, 0.3) is 0 Å². The van der Waals surface area contributed by atoms with Crippen LogP contribution in [0.15, 0.2) is 12.2 Å². The van der Waals surface area contributed by atoms with Crippen molar-refractivity contribution in [2.45, 2.75) is 211 Å². The van der Waals surface area contributed by atoms with Gasteiger partial charge in [-0.15, -0.1) is 0 Å². The summed E-state index contributed by atoms with van der Waals surface area (Å²) in [7, 11) is -5.01. The molecule has 0 aromatic heterocycles. The predicted octanol–water partition coefficient (Wildman–Crippen LogP) is 7.19. The van der Waals surface area contributed by atoms with Crippen LogP contribution in [0.25, 0.3) is 0 Å². The van der Waals surface area contributed by atoms with Crippen LogP contribution in [-0.2, 0) is 27.9 Å². The number of carbonyl (C=O) groups excluding carboxylic acids is 1. The van der Waals surface area contributed by atoms with Crippen molar-refractivity contribution in [1.82, 2.24) is 0 Å². The van der Waals surface area contributed by atoms with E-state index in [1.807, 2.05) is 0 Å². The average molecular weight is 767 g/mol. The van der Waals surface area contributed by atoms with Crippen molar-refractivity contribution in [3.63, 3.8) is 0 Å². The minimum atomic E-state index is -5.01. The molecule has 52 heavy (non-hydrogen) atoms. The zero-order valence-corrected chi connectivity index (χ0v) is 33.3. The molecule has 1 rings (SSSR count). The number of aliphatic hydroxyl groups is 5. The molecule has 1 aliphatic carbocycles. The molecule has 0 saturated heterocycles. The van der Waals surface area contributed by atoms with E-state index in [1.54, 1.807) is 0 Å². The number of rotatable bonds is 34. The van der Waals surface area contributed by atoms with Crippen LogP contribution >= 0.6 is 7.82 Å². The molecule has 1 aliphatic rings. The first-order chi connectivity index (χ1) is 25.0. The minimum Gasteiger partial charge on any atom is -0.457 e. The lowest BCUT2D eigenvalue weighted by Gasteiger charge is -2.41. The van der Waals surface area contributed by atoms with Crippen molar-refractivity contribution in [3.8, 4) is 0 Å². The molecule has 6 N–H and O–H groups in total. The summed E-state index contributed by atoms with van der Waals surface area (Å²) in [6, 6.07) is 0. The standard InChI is InChI=1S/C39H75O12P/c1-3-5-7-9-11-13-15-17-19-21-23-25-27-29-48-30-32(50-33(40)28-26-24-22-20-18-16-14-12-10-8-6-4-2)31-49-52(46,47)51-39-37(44)35(42)34(41)36(43)38(39)45/h11,13,32,34-39,41-45H,3-10,12,14-31H2,1-2H3,(H,46,47)/b13-11-. The SMILES string of the molecule is CCCCC/C=C\CCCCCCCCOCC(COP(=O)(O)OC1C(O)C(O)C(O)C(O)C1O)OC(=O)CCCCCCCCCCCCCC. The third-order valence-corrected chi connectivity index (χ3v) is 10.6. The van der Waals surface area contributed by atoms with Gasteiger partial charge < -0.3 is 39.9 Å². The van der Waals surface area contributed by atoms with Gasteiger partial charge in [0.1, 0.15) is 42.7 Å². The lowest BCUT2D eigenvalue weighted by molar-refractivity contribution is -0.220. The lowest BCUT2D eigenvalue weighted by atomic mass is 9.85. The van der Waals surface area contributed by atoms with E-state index in [0.29, 0.717) is 13.0 Å². The number of unbranched alkanes of at least 4 members (excludes halogenated alkanes) is 20. The zero-order chi connectivity index (χ0) is 38.5. The maximum absolute atomic E-state index is 12.7. The van der Waals surface area contributed by atoms with Gasteiger partial charge in [-0.25, -0.2) is 4.57 Å². The predicted molar refractivity (Wildman–Crippen MR) is 203 cm³/mol. The van der Waals surface area contributed by atoms with Crippen LogP contribution in [0.5, 0.6) is 0 Å². The summed E-state index contributed by atoms with van der Waals surface area (Å²) in [6.07, 6.45) is 18.6. The van der Waals surface area contributed by atoms with Crippen LogP contribution in [0.2, 0.25) is 0 Å². The second-order valence-electron chi connectivity index (χ2n) is 14.5. The first-order valence-electron chi connectivity index (χ1n) is 20.5. The number of carbonyl (C=O) groups is 1. The third kappa shape index (κ3) is 23.8. The molecule has 308 valence electrons. The van der Waals surface area contributed by atoms with E-state index in [2.05, 4.69) is 26.0 Å². The molecule has 13 heteroatoms. The van der Waals surface area contributed by atoms with Gasteiger partial charge in [-0.1, -0.05) is 135 Å². The Balaban J connectivity index is 2.46. The van der Waals surface area contributed by atoms with E-state index in [9.17, 15) is 39.8 Å². The van der Waals surface area contributed by atoms with Gasteiger partial charge in [0.15, 0.2) is 0 Å². The molecule has 0 amide bonds. The van der Waals surface area contributed by atoms with Crippen molar-refractivity contribution < 1.29 is 58.3 Å². The van der Waals surface area contributed by atoms with E-state index in [4.69, 9.17) is 18.5 Å². The Kier molecular flexibility index (Phi) is 29.6. The van der Waals surface area contributed by atoms with E-state index in [-0.39, 0.29) is 13.0 Å². The van der Waals surface area contributed by atoms with Gasteiger partial charge in [0.05, 0.1) is 13.2 Å². The zero-order valence-electron chi connectivity index (χ0n) is 32.4. The number of hydrogen-bond acceptors (Lipinski definition) is 11. The Morgan fingerprint density at radius 3 is 1.56 bits per heavy atom. The third-order valence-electron chi connectivity index (χ3n) is 9.64. The molecule has 0 heterocycles. The molecular weight excluding hydrogens is 691 g/mol. The molecule has 0 spiro atoms. The second kappa shape index (κ2) is 31.3. The first-order valence-corrected chi connectivity index (χ1v) is 22.0. The number of phosphoric ester groups is 1. The van der Waals surface area contributed by atoms with Crippen molar-refractivity contribution >= 4 is 13.8 Å². The van der Waals surface area contributed by atoms with Gasteiger partial charge >= 0.3 is 13.8 Å². The Labute approximate surface area is 314 Å². The van der Waals surface area contributed by atoms with Gasteiger partial charge in [-0.2, -0.15) is 0 Å². The molecule has 0 bridgehead atoms. The Morgan fingerprint density at radius 1 is 0.596 bits per heavy atom. The van der Waals surface area contributed by atoms with Crippen LogP contribution < -0.4 is 0 Å². The van der Waals surface area contributed by atoms with E-state index >= 15 is 0 Å². The smallest absolute Gasteiger partial charge is 0.457 e. The number of allylic oxidation sites excluding steroid dienone is 2. The summed E-state index contributed by atoms with van der Waals surface area (Å²) < 4.78 is 34.0. The fourth-order valence-electron chi connectivity index (χ4n) is 6.29. The number of aliphatic hydroxyl groups excluding tert-OH is 5. The van der Waals surface area contributed by atoms with Crippen LogP contribution in [0.3, 0.4) is 0 Å². The van der Waals surface area contributed by atoms with Crippen molar-refractivity contribution in [1.29, 1.82) is 0 Å². The Hall–Kier alpha value is -0.920. The summed E-state index contributed by atoms with van der Waals surface area (Å²) in [5.41, 5.74) is 0. The summed E-state index contributed by atoms with van der Waals surface area (Å²) in [5, 5.41) is 50.0. The monoisotopic (exact) mass is 766 g/mol. The van der Waals surface area contributed by atoms with Gasteiger partial charge in [-0.05, 0) is 38.5 Å². The quantitative estimate of drug-likeness (QED) is 0.0167. The van der Waals surface area contributed by atoms with Crippen LogP contribution in [0.1, 0.15) is 168 Å². The highest BCUT2D eigenvalue weighted by Crippen LogP contribution is 2.47. The minimum absolute atomic E-state index is 0.0763. The number of esters is 1. The highest BCUT2D eigenvalue weighted by Gasteiger charge is 2.51. The van der Waals surface area contributed by atoms with Crippen molar-refractivity contribution in [2.24, 2.45) is 0 Å². The summed E-state index contributed by atoms with van der Waals surface area (Å²) in [5.74, 6) is -0.480. The molecule has 0 aromatic carbocycles. The van der Waals surface area contributed by atoms with Gasteiger partial charge in [-0.3, -0.25) is 13.8 Å². The summed E-state index contributed by atoms with van der Waals surface area (Å²) in [6.45, 7) is 4.21. The highest BCUT2D eigenvalue weighted by atomic mass is 31.2. The first kappa shape index (κ1) is 49.1. The number of hydrogen-bond donors (Lipinski definition) is 6. The van der Waals surface area contributed by atoms with Crippen LogP contribution in [-0.4, -0.2) is 98.9 Å². The molecule has 6 atom stereocenters. The molecule has 0 aliphatic heterocycles. The molecule has 0 radical (unpaired) electrons. The van der Waals surface area contributed by atoms with Crippen molar-refractivity contribution in [3.05, 3.63) is 12.2 Å². The number of ether oxygens (including phenoxy) is 2. The molecule has 12 nitrogen and oxygen atoms in total. The molecule has 0 aromatic rings. The average Bonchev–Trinajstić information content (AvgIpc) is 3.12. The van der Waals surface area contributed by atoms with Gasteiger partial charge in [0, 0.05) is 13.0 Å². The lowest BCUT2D eigenvalue weighted by Crippen LogP contribution is -2.64. The molecule has 6 unspecified atom stereocenters. The Morgan fingerprint density at radius 2 is 1.02 bits per heavy atom. The van der Waals surface area contributed by atoms with Crippen molar-refractivity contribution in [2.75, 3.05) is 19.8 Å². The Bertz CT molecular complexity index is 921. The number of phosphoric acid groups is 1. The topological polar surface area (TPSA) is 192 Å². The maximum Gasteiger partial charge on any atom is 0.472 e. The summed E-state index contributed by atoms with van der Waals surface area (Å²) >= 11 is 0. The largest absolute Gasteiger partial charge is 0.472 e. The maximum atomic E-state index is 12.7. The van der Waals surface area contributed by atoms with Gasteiger partial charge in [0.2, 0.25) is 0 Å². The van der Waals surface area contributed by atoms with Crippen LogP contribution in [0, 0.1) is 0 Å². The fraction of sp³-hybridized carbons (Fsp3) is 0.923. The highest BCUT2D eigenvalue weighted by molar-refractivity contribution is 7.47. The molecule has 1 fully saturated rings. The second-order valence-corrected chi connectivity index (χ2v) is 15.9. The normalized spacial score (nSPS) is 23.9. The van der Waals surface area contributed by atoms with E-state index in [0.717, 1.165) is 51.4 Å².